The van der Waals surface area contributed by atoms with Crippen LogP contribution in [0.25, 0.3) is 0 Å². The number of esters is 1. The predicted octanol–water partition coefficient (Wildman–Crippen LogP) is 2.68. The van der Waals surface area contributed by atoms with Gasteiger partial charge in [-0.05, 0) is 31.2 Å². The molecule has 0 fully saturated rings. The van der Waals surface area contributed by atoms with Crippen LogP contribution < -0.4 is 14.8 Å². The molecule has 0 aromatic heterocycles. The highest BCUT2D eigenvalue weighted by molar-refractivity contribution is 6.05. The molecule has 1 aliphatic rings. The minimum absolute atomic E-state index is 0.242. The molecule has 0 saturated carbocycles. The number of carbonyl (C=O) groups excluding carboxylic acids is 3. The molecule has 30 heavy (non-hydrogen) atoms. The van der Waals surface area contributed by atoms with Gasteiger partial charge in [-0.15, -0.1) is 0 Å². The maximum absolute atomic E-state index is 13.2. The third kappa shape index (κ3) is 3.98. The first-order chi connectivity index (χ1) is 14.3. The highest BCUT2D eigenvalue weighted by Gasteiger charge is 2.50. The van der Waals surface area contributed by atoms with Crippen molar-refractivity contribution in [3.8, 4) is 11.5 Å². The van der Waals surface area contributed by atoms with Crippen LogP contribution in [0.2, 0.25) is 0 Å². The fourth-order valence-electron chi connectivity index (χ4n) is 2.97. The zero-order valence-corrected chi connectivity index (χ0v) is 17.0. The van der Waals surface area contributed by atoms with E-state index in [2.05, 4.69) is 5.32 Å². The SMILES string of the molecule is COc1cc(OC)cc(C2(C)OC(NC(=O)c3ccccc3)=C(OC(C)=O)C2=O)c1. The first-order valence-electron chi connectivity index (χ1n) is 9.05. The Morgan fingerprint density at radius 1 is 1.00 bits per heavy atom. The molecule has 1 atom stereocenters. The summed E-state index contributed by atoms with van der Waals surface area (Å²) in [6, 6.07) is 13.2. The lowest BCUT2D eigenvalue weighted by Crippen LogP contribution is -2.32. The standard InChI is InChI=1S/C22H21NO7/c1-13(24)29-18-19(25)22(2,15-10-16(27-3)12-17(11-15)28-4)30-21(18)23-20(26)14-8-6-5-7-9-14/h5-12H,1-4H3,(H,23,26). The average Bonchev–Trinajstić information content (AvgIpc) is 2.98. The molecular weight excluding hydrogens is 390 g/mol. The minimum Gasteiger partial charge on any atom is -0.497 e. The van der Waals surface area contributed by atoms with E-state index in [1.807, 2.05) is 0 Å². The Labute approximate surface area is 173 Å². The molecule has 2 aromatic carbocycles. The molecule has 0 radical (unpaired) electrons. The summed E-state index contributed by atoms with van der Waals surface area (Å²) in [6.45, 7) is 2.66. The van der Waals surface area contributed by atoms with E-state index in [1.54, 1.807) is 48.5 Å². The van der Waals surface area contributed by atoms with E-state index >= 15 is 0 Å². The zero-order chi connectivity index (χ0) is 21.9. The second kappa shape index (κ2) is 8.28. The number of benzene rings is 2. The second-order valence-electron chi connectivity index (χ2n) is 6.64. The topological polar surface area (TPSA) is 100 Å². The van der Waals surface area contributed by atoms with Crippen LogP contribution in [0, 0.1) is 0 Å². The first-order valence-corrected chi connectivity index (χ1v) is 9.05. The van der Waals surface area contributed by atoms with Crippen molar-refractivity contribution in [3.63, 3.8) is 0 Å². The fourth-order valence-corrected chi connectivity index (χ4v) is 2.97. The van der Waals surface area contributed by atoms with E-state index in [0.717, 1.165) is 6.92 Å². The normalized spacial score (nSPS) is 17.9. The summed E-state index contributed by atoms with van der Waals surface area (Å²) in [5.41, 5.74) is -0.830. The maximum atomic E-state index is 13.2. The quantitative estimate of drug-likeness (QED) is 0.730. The summed E-state index contributed by atoms with van der Waals surface area (Å²) in [4.78, 5) is 37.3. The Hall–Kier alpha value is -3.81. The molecule has 8 nitrogen and oxygen atoms in total. The molecule has 0 aliphatic carbocycles. The molecule has 0 spiro atoms. The van der Waals surface area contributed by atoms with Gasteiger partial charge in [-0.3, -0.25) is 19.7 Å². The van der Waals surface area contributed by atoms with Gasteiger partial charge in [0.1, 0.15) is 11.5 Å². The van der Waals surface area contributed by atoms with Crippen molar-refractivity contribution in [1.29, 1.82) is 0 Å². The Morgan fingerprint density at radius 3 is 2.13 bits per heavy atom. The van der Waals surface area contributed by atoms with Crippen LogP contribution >= 0.6 is 0 Å². The number of hydrogen-bond donors (Lipinski definition) is 1. The molecule has 0 bridgehead atoms. The van der Waals surface area contributed by atoms with Crippen molar-refractivity contribution in [2.45, 2.75) is 19.4 Å². The molecule has 1 heterocycles. The molecule has 0 saturated heterocycles. The van der Waals surface area contributed by atoms with E-state index in [4.69, 9.17) is 18.9 Å². The summed E-state index contributed by atoms with van der Waals surface area (Å²) in [7, 11) is 2.96. The molecule has 1 amide bonds. The zero-order valence-electron chi connectivity index (χ0n) is 17.0. The number of nitrogens with one attached hydrogen (secondary N) is 1. The third-order valence-corrected chi connectivity index (χ3v) is 4.56. The van der Waals surface area contributed by atoms with Crippen molar-refractivity contribution in [1.82, 2.24) is 5.32 Å². The minimum atomic E-state index is -1.58. The number of carbonyl (C=O) groups is 3. The summed E-state index contributed by atoms with van der Waals surface area (Å²) in [6.07, 6.45) is 0. The van der Waals surface area contributed by atoms with Crippen LogP contribution in [0.5, 0.6) is 11.5 Å². The molecule has 1 aliphatic heterocycles. The summed E-state index contributed by atoms with van der Waals surface area (Å²) in [5, 5.41) is 2.52. The largest absolute Gasteiger partial charge is 0.497 e. The van der Waals surface area contributed by atoms with Gasteiger partial charge in [-0.2, -0.15) is 0 Å². The van der Waals surface area contributed by atoms with Crippen molar-refractivity contribution in [3.05, 3.63) is 71.3 Å². The first kappa shape index (κ1) is 20.9. The van der Waals surface area contributed by atoms with Crippen molar-refractivity contribution in [2.24, 2.45) is 0 Å². The maximum Gasteiger partial charge on any atom is 0.308 e. The highest BCUT2D eigenvalue weighted by atomic mass is 16.6. The van der Waals surface area contributed by atoms with Gasteiger partial charge < -0.3 is 18.9 Å². The van der Waals surface area contributed by atoms with Gasteiger partial charge in [0.05, 0.1) is 14.2 Å². The van der Waals surface area contributed by atoms with Gasteiger partial charge >= 0.3 is 5.97 Å². The smallest absolute Gasteiger partial charge is 0.308 e. The van der Waals surface area contributed by atoms with Gasteiger partial charge in [0, 0.05) is 24.1 Å². The fraction of sp³-hybridized carbons (Fsp3) is 0.227. The highest BCUT2D eigenvalue weighted by Crippen LogP contribution is 2.41. The number of amides is 1. The van der Waals surface area contributed by atoms with Crippen LogP contribution in [-0.4, -0.2) is 31.9 Å². The van der Waals surface area contributed by atoms with E-state index in [9.17, 15) is 14.4 Å². The Balaban J connectivity index is 2.00. The second-order valence-corrected chi connectivity index (χ2v) is 6.64. The van der Waals surface area contributed by atoms with Crippen LogP contribution in [0.4, 0.5) is 0 Å². The van der Waals surface area contributed by atoms with Crippen LogP contribution in [0.15, 0.2) is 60.2 Å². The van der Waals surface area contributed by atoms with Crippen LogP contribution in [0.3, 0.4) is 0 Å². The number of hydrogen-bond acceptors (Lipinski definition) is 7. The van der Waals surface area contributed by atoms with Gasteiger partial charge in [0.2, 0.25) is 11.6 Å². The molecule has 8 heteroatoms. The number of Topliss-reactive ketones (excluding diaryl/α,β-unsaturated/α-hetero) is 1. The summed E-state index contributed by atoms with van der Waals surface area (Å²) >= 11 is 0. The lowest BCUT2D eigenvalue weighted by molar-refractivity contribution is -0.142. The Bertz CT molecular complexity index is 1010. The molecule has 1 N–H and O–H groups in total. The van der Waals surface area contributed by atoms with Crippen molar-refractivity contribution < 1.29 is 33.3 Å². The van der Waals surface area contributed by atoms with Crippen molar-refractivity contribution >= 4 is 17.7 Å². The predicted molar refractivity (Wildman–Crippen MR) is 106 cm³/mol. The Morgan fingerprint density at radius 2 is 1.60 bits per heavy atom. The number of rotatable bonds is 6. The monoisotopic (exact) mass is 411 g/mol. The molecular formula is C22H21NO7. The molecule has 2 aromatic rings. The summed E-state index contributed by atoms with van der Waals surface area (Å²) < 4.78 is 21.5. The van der Waals surface area contributed by atoms with E-state index < -0.39 is 23.3 Å². The lowest BCUT2D eigenvalue weighted by atomic mass is 9.91. The molecule has 1 unspecified atom stereocenters. The molecule has 156 valence electrons. The number of ketones is 1. The van der Waals surface area contributed by atoms with Crippen LogP contribution in [0.1, 0.15) is 29.8 Å². The number of methoxy groups -OCH3 is 2. The lowest BCUT2D eigenvalue weighted by Gasteiger charge is -2.24. The van der Waals surface area contributed by atoms with Gasteiger partial charge in [0.15, 0.2) is 5.60 Å². The Kier molecular flexibility index (Phi) is 5.77. The molecule has 3 rings (SSSR count). The van der Waals surface area contributed by atoms with Crippen LogP contribution in [-0.2, 0) is 24.7 Å². The van der Waals surface area contributed by atoms with Gasteiger partial charge in [-0.25, -0.2) is 0 Å². The average molecular weight is 411 g/mol. The van der Waals surface area contributed by atoms with E-state index in [0.29, 0.717) is 22.6 Å². The number of ether oxygens (including phenoxy) is 4. The van der Waals surface area contributed by atoms with Gasteiger partial charge in [-0.1, -0.05) is 18.2 Å². The van der Waals surface area contributed by atoms with Crippen molar-refractivity contribution in [2.75, 3.05) is 14.2 Å². The van der Waals surface area contributed by atoms with Gasteiger partial charge in [0.25, 0.3) is 11.7 Å². The van der Waals surface area contributed by atoms with E-state index in [-0.39, 0.29) is 11.6 Å². The summed E-state index contributed by atoms with van der Waals surface area (Å²) in [5.74, 6) is -1.60. The van der Waals surface area contributed by atoms with E-state index in [1.165, 1.54) is 21.1 Å². The third-order valence-electron chi connectivity index (χ3n) is 4.56.